The zero-order valence-corrected chi connectivity index (χ0v) is 16.6. The highest BCUT2D eigenvalue weighted by atomic mass is 19.1. The van der Waals surface area contributed by atoms with Gasteiger partial charge in [-0.05, 0) is 49.6 Å². The van der Waals surface area contributed by atoms with Crippen molar-refractivity contribution in [1.82, 2.24) is 5.32 Å². The number of halogens is 1. The zero-order valence-electron chi connectivity index (χ0n) is 16.6. The summed E-state index contributed by atoms with van der Waals surface area (Å²) >= 11 is 0. The molecule has 0 aliphatic rings. The first-order chi connectivity index (χ1) is 13.9. The number of rotatable bonds is 11. The van der Waals surface area contributed by atoms with E-state index >= 15 is 0 Å². The summed E-state index contributed by atoms with van der Waals surface area (Å²) in [6.07, 6.45) is -0.984. The summed E-state index contributed by atoms with van der Waals surface area (Å²) in [7, 11) is 0. The fraction of sp³-hybridized carbons (Fsp3) is 0.364. The van der Waals surface area contributed by atoms with Gasteiger partial charge in [0.05, 0.1) is 0 Å². The Balaban J connectivity index is 1.81. The van der Waals surface area contributed by atoms with Gasteiger partial charge in [0.1, 0.15) is 11.6 Å². The number of carboxylic acid groups (broad SMARTS) is 1. The number of carbonyl (C=O) groups is 2. The van der Waals surface area contributed by atoms with Crippen LogP contribution in [0.15, 0.2) is 48.5 Å². The largest absolute Gasteiger partial charge is 0.481 e. The Labute approximate surface area is 169 Å². The van der Waals surface area contributed by atoms with Crippen LogP contribution in [0.2, 0.25) is 0 Å². The molecule has 0 saturated carbocycles. The normalized spacial score (nSPS) is 12.8. The molecule has 0 radical (unpaired) electrons. The first-order valence-electron chi connectivity index (χ1n) is 9.51. The summed E-state index contributed by atoms with van der Waals surface area (Å²) in [6, 6.07) is 13.3. The van der Waals surface area contributed by atoms with E-state index in [1.54, 1.807) is 56.3 Å². The third kappa shape index (κ3) is 7.19. The van der Waals surface area contributed by atoms with E-state index in [4.69, 9.17) is 14.6 Å². The SMILES string of the molecule is CCO[C@H](Cc1ccc(OC(C)C(=O)NCCc2ccccc2F)cc1)C(=O)O. The molecular weight excluding hydrogens is 377 g/mol. The van der Waals surface area contributed by atoms with Gasteiger partial charge in [-0.3, -0.25) is 4.79 Å². The Bertz CT molecular complexity index is 809. The van der Waals surface area contributed by atoms with Crippen LogP contribution in [0.3, 0.4) is 0 Å². The van der Waals surface area contributed by atoms with Crippen molar-refractivity contribution in [2.45, 2.75) is 38.9 Å². The van der Waals surface area contributed by atoms with Crippen LogP contribution in [-0.4, -0.2) is 42.3 Å². The Morgan fingerprint density at radius 3 is 2.45 bits per heavy atom. The molecule has 0 aromatic heterocycles. The fourth-order valence-corrected chi connectivity index (χ4v) is 2.76. The van der Waals surface area contributed by atoms with Gasteiger partial charge in [-0.2, -0.15) is 0 Å². The van der Waals surface area contributed by atoms with Gasteiger partial charge in [-0.15, -0.1) is 0 Å². The number of carboxylic acids is 1. The van der Waals surface area contributed by atoms with Crippen molar-refractivity contribution in [1.29, 1.82) is 0 Å². The second-order valence-corrected chi connectivity index (χ2v) is 6.52. The quantitative estimate of drug-likeness (QED) is 0.603. The van der Waals surface area contributed by atoms with Gasteiger partial charge < -0.3 is 19.9 Å². The highest BCUT2D eigenvalue weighted by Crippen LogP contribution is 2.16. The van der Waals surface area contributed by atoms with Gasteiger partial charge in [0, 0.05) is 19.6 Å². The van der Waals surface area contributed by atoms with Gasteiger partial charge in [-0.1, -0.05) is 30.3 Å². The second-order valence-electron chi connectivity index (χ2n) is 6.52. The molecular formula is C22H26FNO5. The third-order valence-corrected chi connectivity index (χ3v) is 4.32. The average molecular weight is 403 g/mol. The number of amides is 1. The van der Waals surface area contributed by atoms with Crippen LogP contribution in [-0.2, 0) is 27.2 Å². The molecule has 0 heterocycles. The lowest BCUT2D eigenvalue weighted by molar-refractivity contribution is -0.150. The van der Waals surface area contributed by atoms with Gasteiger partial charge in [-0.25, -0.2) is 9.18 Å². The summed E-state index contributed by atoms with van der Waals surface area (Å²) in [4.78, 5) is 23.3. The Hall–Kier alpha value is -2.93. The van der Waals surface area contributed by atoms with E-state index < -0.39 is 18.2 Å². The van der Waals surface area contributed by atoms with Crippen molar-refractivity contribution in [2.75, 3.05) is 13.2 Å². The molecule has 2 N–H and O–H groups in total. The second kappa shape index (κ2) is 11.2. The molecule has 1 unspecified atom stereocenters. The maximum Gasteiger partial charge on any atom is 0.333 e. The standard InChI is InChI=1S/C22H26FNO5/c1-3-28-20(22(26)27)14-16-8-10-18(11-9-16)29-15(2)21(25)24-13-12-17-6-4-5-7-19(17)23/h4-11,15,20H,3,12-14H2,1-2H3,(H,24,25)(H,26,27)/t15?,20-/m1/s1. The maximum absolute atomic E-state index is 13.6. The molecule has 0 bridgehead atoms. The predicted molar refractivity (Wildman–Crippen MR) is 106 cm³/mol. The smallest absolute Gasteiger partial charge is 0.333 e. The van der Waals surface area contributed by atoms with Crippen molar-refractivity contribution in [2.24, 2.45) is 0 Å². The molecule has 0 fully saturated rings. The van der Waals surface area contributed by atoms with E-state index in [-0.39, 0.29) is 18.1 Å². The third-order valence-electron chi connectivity index (χ3n) is 4.32. The van der Waals surface area contributed by atoms with Crippen molar-refractivity contribution in [3.63, 3.8) is 0 Å². The van der Waals surface area contributed by atoms with Crippen LogP contribution in [0.4, 0.5) is 4.39 Å². The van der Waals surface area contributed by atoms with Gasteiger partial charge >= 0.3 is 5.97 Å². The lowest BCUT2D eigenvalue weighted by Crippen LogP contribution is -2.37. The number of hydrogen-bond donors (Lipinski definition) is 2. The minimum atomic E-state index is -1.01. The van der Waals surface area contributed by atoms with E-state index in [2.05, 4.69) is 5.32 Å². The van der Waals surface area contributed by atoms with E-state index in [1.807, 2.05) is 0 Å². The Kier molecular flexibility index (Phi) is 8.61. The first kappa shape index (κ1) is 22.4. The molecule has 0 spiro atoms. The molecule has 0 aliphatic heterocycles. The van der Waals surface area contributed by atoms with E-state index in [0.29, 0.717) is 30.9 Å². The minimum absolute atomic E-state index is 0.246. The topological polar surface area (TPSA) is 84.9 Å². The molecule has 1 amide bonds. The molecule has 29 heavy (non-hydrogen) atoms. The number of benzene rings is 2. The maximum atomic E-state index is 13.6. The van der Waals surface area contributed by atoms with Crippen LogP contribution in [0, 0.1) is 5.82 Å². The summed E-state index contributed by atoms with van der Waals surface area (Å²) in [6.45, 7) is 4.00. The van der Waals surface area contributed by atoms with Gasteiger partial charge in [0.25, 0.3) is 5.91 Å². The number of nitrogens with one attached hydrogen (secondary N) is 1. The lowest BCUT2D eigenvalue weighted by atomic mass is 10.1. The zero-order chi connectivity index (χ0) is 21.2. The highest BCUT2D eigenvalue weighted by Gasteiger charge is 2.18. The summed E-state index contributed by atoms with van der Waals surface area (Å²) in [5.74, 6) is -1.10. The number of carbonyl (C=O) groups excluding carboxylic acids is 1. The summed E-state index contributed by atoms with van der Waals surface area (Å²) in [5, 5.41) is 11.9. The molecule has 0 saturated heterocycles. The van der Waals surface area contributed by atoms with Crippen LogP contribution in [0.1, 0.15) is 25.0 Å². The minimum Gasteiger partial charge on any atom is -0.481 e. The number of ether oxygens (including phenoxy) is 2. The van der Waals surface area contributed by atoms with Crippen LogP contribution < -0.4 is 10.1 Å². The van der Waals surface area contributed by atoms with Crippen molar-refractivity contribution in [3.8, 4) is 5.75 Å². The molecule has 7 heteroatoms. The van der Waals surface area contributed by atoms with E-state index in [1.165, 1.54) is 6.07 Å². The molecule has 0 aliphatic carbocycles. The van der Waals surface area contributed by atoms with Crippen LogP contribution in [0.25, 0.3) is 0 Å². The van der Waals surface area contributed by atoms with E-state index in [0.717, 1.165) is 5.56 Å². The van der Waals surface area contributed by atoms with Crippen molar-refractivity contribution >= 4 is 11.9 Å². The molecule has 2 aromatic carbocycles. The monoisotopic (exact) mass is 403 g/mol. The van der Waals surface area contributed by atoms with Gasteiger partial charge in [0.15, 0.2) is 12.2 Å². The average Bonchev–Trinajstić information content (AvgIpc) is 2.70. The predicted octanol–water partition coefficient (Wildman–Crippen LogP) is 2.98. The van der Waals surface area contributed by atoms with Crippen molar-refractivity contribution in [3.05, 3.63) is 65.5 Å². The van der Waals surface area contributed by atoms with Crippen LogP contribution >= 0.6 is 0 Å². The number of hydrogen-bond acceptors (Lipinski definition) is 4. The molecule has 156 valence electrons. The molecule has 2 atom stereocenters. The molecule has 6 nitrogen and oxygen atoms in total. The highest BCUT2D eigenvalue weighted by molar-refractivity contribution is 5.80. The molecule has 2 rings (SSSR count). The summed E-state index contributed by atoms with van der Waals surface area (Å²) < 4.78 is 24.4. The van der Waals surface area contributed by atoms with Crippen molar-refractivity contribution < 1.29 is 28.6 Å². The van der Waals surface area contributed by atoms with Crippen LogP contribution in [0.5, 0.6) is 5.75 Å². The molecule has 2 aromatic rings. The number of aliphatic carboxylic acids is 1. The summed E-state index contributed by atoms with van der Waals surface area (Å²) in [5.41, 5.74) is 1.34. The first-order valence-corrected chi connectivity index (χ1v) is 9.51. The fourth-order valence-electron chi connectivity index (χ4n) is 2.76. The Morgan fingerprint density at radius 1 is 1.14 bits per heavy atom. The lowest BCUT2D eigenvalue weighted by Gasteiger charge is -2.16. The Morgan fingerprint density at radius 2 is 1.83 bits per heavy atom. The van der Waals surface area contributed by atoms with Gasteiger partial charge in [0.2, 0.25) is 0 Å². The van der Waals surface area contributed by atoms with E-state index in [9.17, 15) is 14.0 Å².